The van der Waals surface area contributed by atoms with Crippen LogP contribution in [0.15, 0.2) is 22.5 Å². The summed E-state index contributed by atoms with van der Waals surface area (Å²) in [5, 5.41) is 1.30. The topological polar surface area (TPSA) is 69.2 Å². The van der Waals surface area contributed by atoms with Gasteiger partial charge in [0.25, 0.3) is 0 Å². The molecule has 0 aliphatic rings. The first-order valence-electron chi connectivity index (χ1n) is 6.36. The smallest absolute Gasteiger partial charge is 0.384 e. The van der Waals surface area contributed by atoms with E-state index in [0.717, 1.165) is 11.3 Å². The lowest BCUT2D eigenvalue weighted by Crippen LogP contribution is -2.11. The molecule has 0 bridgehead atoms. The molecule has 2 rings (SSSR count). The van der Waals surface area contributed by atoms with Crippen molar-refractivity contribution in [2.45, 2.75) is 18.0 Å². The molecule has 0 aliphatic carbocycles. The third-order valence-electron chi connectivity index (χ3n) is 2.94. The molecule has 0 saturated heterocycles. The molecule has 0 fully saturated rings. The van der Waals surface area contributed by atoms with Crippen molar-refractivity contribution in [3.05, 3.63) is 29.0 Å². The molecule has 0 aliphatic heterocycles. The van der Waals surface area contributed by atoms with Gasteiger partial charge in [-0.3, -0.25) is 0 Å². The Hall–Kier alpha value is -1.52. The molecule has 0 amide bonds. The SMILES string of the molecule is COCCS(=O)(=O)c1csc(-c2nc(C)ncc2C(F)(F)F)c1. The van der Waals surface area contributed by atoms with E-state index in [-0.39, 0.29) is 33.7 Å². The van der Waals surface area contributed by atoms with E-state index in [0.29, 0.717) is 6.20 Å². The second-order valence-electron chi connectivity index (χ2n) is 4.64. The Bertz CT molecular complexity index is 801. The molecule has 0 unspecified atom stereocenters. The summed E-state index contributed by atoms with van der Waals surface area (Å²) >= 11 is 0.892. The molecule has 0 N–H and O–H groups in total. The average Bonchev–Trinajstić information content (AvgIpc) is 2.94. The summed E-state index contributed by atoms with van der Waals surface area (Å²) in [6.07, 6.45) is -3.92. The van der Waals surface area contributed by atoms with Gasteiger partial charge in [0.1, 0.15) is 11.4 Å². The van der Waals surface area contributed by atoms with Gasteiger partial charge < -0.3 is 4.74 Å². The van der Waals surface area contributed by atoms with E-state index in [1.807, 2.05) is 0 Å². The summed E-state index contributed by atoms with van der Waals surface area (Å²) in [6.45, 7) is 1.47. The van der Waals surface area contributed by atoms with E-state index in [1.165, 1.54) is 25.5 Å². The lowest BCUT2D eigenvalue weighted by atomic mass is 10.2. The molecule has 2 aromatic heterocycles. The molecule has 23 heavy (non-hydrogen) atoms. The number of aryl methyl sites for hydroxylation is 1. The van der Waals surface area contributed by atoms with Gasteiger partial charge in [-0.2, -0.15) is 13.2 Å². The fourth-order valence-corrected chi connectivity index (χ4v) is 4.28. The number of thiophene rings is 1. The van der Waals surface area contributed by atoms with Crippen molar-refractivity contribution in [1.29, 1.82) is 0 Å². The first-order chi connectivity index (χ1) is 10.6. The first-order valence-corrected chi connectivity index (χ1v) is 8.90. The summed E-state index contributed by atoms with van der Waals surface area (Å²) in [7, 11) is -2.24. The molecule has 126 valence electrons. The highest BCUT2D eigenvalue weighted by molar-refractivity contribution is 7.91. The predicted octanol–water partition coefficient (Wildman–Crippen LogP) is 2.95. The van der Waals surface area contributed by atoms with Crippen LogP contribution in [0.25, 0.3) is 10.6 Å². The zero-order chi connectivity index (χ0) is 17.3. The van der Waals surface area contributed by atoms with Crippen LogP contribution in [0, 0.1) is 6.92 Å². The van der Waals surface area contributed by atoms with Gasteiger partial charge in [-0.15, -0.1) is 11.3 Å². The van der Waals surface area contributed by atoms with E-state index < -0.39 is 21.6 Å². The minimum absolute atomic E-state index is 0.00787. The molecule has 2 heterocycles. The largest absolute Gasteiger partial charge is 0.420 e. The number of hydrogen-bond donors (Lipinski definition) is 0. The molecule has 0 spiro atoms. The van der Waals surface area contributed by atoms with Crippen LogP contribution in [0.3, 0.4) is 0 Å². The Morgan fingerprint density at radius 1 is 1.35 bits per heavy atom. The molecular weight excluding hydrogens is 353 g/mol. The lowest BCUT2D eigenvalue weighted by Gasteiger charge is -2.10. The maximum Gasteiger partial charge on any atom is 0.420 e. The third kappa shape index (κ3) is 4.06. The molecule has 0 saturated carbocycles. The summed E-state index contributed by atoms with van der Waals surface area (Å²) < 4.78 is 68.0. The minimum atomic E-state index is -4.62. The van der Waals surface area contributed by atoms with Crippen molar-refractivity contribution >= 4 is 21.2 Å². The van der Waals surface area contributed by atoms with Crippen molar-refractivity contribution in [2.24, 2.45) is 0 Å². The average molecular weight is 366 g/mol. The van der Waals surface area contributed by atoms with E-state index in [9.17, 15) is 21.6 Å². The van der Waals surface area contributed by atoms with Crippen LogP contribution in [0.1, 0.15) is 11.4 Å². The van der Waals surface area contributed by atoms with Crippen molar-refractivity contribution in [3.8, 4) is 10.6 Å². The van der Waals surface area contributed by atoms with Gasteiger partial charge in [0.05, 0.1) is 27.8 Å². The maximum absolute atomic E-state index is 13.1. The van der Waals surface area contributed by atoms with Crippen LogP contribution in [0.2, 0.25) is 0 Å². The molecule has 0 atom stereocenters. The number of ether oxygens (including phenoxy) is 1. The Morgan fingerprint density at radius 2 is 2.04 bits per heavy atom. The number of aromatic nitrogens is 2. The second-order valence-corrected chi connectivity index (χ2v) is 7.66. The third-order valence-corrected chi connectivity index (χ3v) is 5.68. The second kappa shape index (κ2) is 6.54. The standard InChI is InChI=1S/C13H13F3N2O3S2/c1-8-17-6-10(13(14,15)16)12(18-8)11-5-9(7-22-11)23(19,20)4-3-21-2/h5-7H,3-4H2,1-2H3. The van der Waals surface area contributed by atoms with Gasteiger partial charge in [0.15, 0.2) is 9.84 Å². The number of rotatable bonds is 5. The highest BCUT2D eigenvalue weighted by atomic mass is 32.2. The number of alkyl halides is 3. The Labute approximate surface area is 135 Å². The molecule has 0 radical (unpaired) electrons. The number of methoxy groups -OCH3 is 1. The van der Waals surface area contributed by atoms with Gasteiger partial charge in [0, 0.05) is 18.7 Å². The van der Waals surface area contributed by atoms with Crippen molar-refractivity contribution < 1.29 is 26.3 Å². The van der Waals surface area contributed by atoms with Crippen molar-refractivity contribution in [1.82, 2.24) is 9.97 Å². The molecule has 0 aromatic carbocycles. The monoisotopic (exact) mass is 366 g/mol. The molecule has 5 nitrogen and oxygen atoms in total. The summed E-state index contributed by atoms with van der Waals surface area (Å²) in [6, 6.07) is 1.20. The van der Waals surface area contributed by atoms with Crippen molar-refractivity contribution in [2.75, 3.05) is 19.5 Å². The number of hydrogen-bond acceptors (Lipinski definition) is 6. The van der Waals surface area contributed by atoms with Gasteiger partial charge in [-0.25, -0.2) is 18.4 Å². The Morgan fingerprint density at radius 3 is 2.65 bits per heavy atom. The van der Waals surface area contributed by atoms with Crippen LogP contribution < -0.4 is 0 Å². The van der Waals surface area contributed by atoms with Gasteiger partial charge >= 0.3 is 6.18 Å². The highest BCUT2D eigenvalue weighted by Crippen LogP contribution is 2.38. The summed E-state index contributed by atoms with van der Waals surface area (Å²) in [4.78, 5) is 7.47. The fourth-order valence-electron chi connectivity index (χ4n) is 1.78. The normalized spacial score (nSPS) is 12.6. The molecule has 10 heteroatoms. The minimum Gasteiger partial charge on any atom is -0.384 e. The molecule has 2 aromatic rings. The number of halogens is 3. The van der Waals surface area contributed by atoms with Crippen LogP contribution in [-0.4, -0.2) is 37.9 Å². The molecular formula is C13H13F3N2O3S2. The Kier molecular flexibility index (Phi) is 5.07. The maximum atomic E-state index is 13.1. The number of sulfone groups is 1. The van der Waals surface area contributed by atoms with Crippen molar-refractivity contribution in [3.63, 3.8) is 0 Å². The quantitative estimate of drug-likeness (QED) is 0.814. The highest BCUT2D eigenvalue weighted by Gasteiger charge is 2.35. The van der Waals surface area contributed by atoms with E-state index in [2.05, 4.69) is 9.97 Å². The first kappa shape index (κ1) is 17.8. The van der Waals surface area contributed by atoms with Crippen LogP contribution >= 0.6 is 11.3 Å². The number of nitrogens with zero attached hydrogens (tertiary/aromatic N) is 2. The zero-order valence-corrected chi connectivity index (χ0v) is 13.8. The van der Waals surface area contributed by atoms with Gasteiger partial charge in [0.2, 0.25) is 0 Å². The zero-order valence-electron chi connectivity index (χ0n) is 12.2. The van der Waals surface area contributed by atoms with Gasteiger partial charge in [-0.05, 0) is 13.0 Å². The predicted molar refractivity (Wildman–Crippen MR) is 79.0 cm³/mol. The van der Waals surface area contributed by atoms with Crippen LogP contribution in [0.5, 0.6) is 0 Å². The summed E-state index contributed by atoms with van der Waals surface area (Å²) in [5.41, 5.74) is -1.31. The van der Waals surface area contributed by atoms with Crippen LogP contribution in [-0.2, 0) is 20.8 Å². The van der Waals surface area contributed by atoms with E-state index in [4.69, 9.17) is 4.74 Å². The fraction of sp³-hybridized carbons (Fsp3) is 0.385. The van der Waals surface area contributed by atoms with E-state index in [1.54, 1.807) is 0 Å². The van der Waals surface area contributed by atoms with E-state index >= 15 is 0 Å². The Balaban J connectivity index is 2.48. The van der Waals surface area contributed by atoms with Crippen LogP contribution in [0.4, 0.5) is 13.2 Å². The van der Waals surface area contributed by atoms with Gasteiger partial charge in [-0.1, -0.05) is 0 Å². The lowest BCUT2D eigenvalue weighted by molar-refractivity contribution is -0.137. The summed E-state index contributed by atoms with van der Waals surface area (Å²) in [5.74, 6) is -0.0700.